The van der Waals surface area contributed by atoms with Crippen molar-refractivity contribution in [3.63, 3.8) is 0 Å². The van der Waals surface area contributed by atoms with E-state index in [1.807, 2.05) is 42.9 Å². The van der Waals surface area contributed by atoms with Gasteiger partial charge in [0.2, 0.25) is 0 Å². The lowest BCUT2D eigenvalue weighted by atomic mass is 10.2. The molecule has 1 aromatic heterocycles. The molecule has 2 aromatic rings. The second-order valence-electron chi connectivity index (χ2n) is 4.87. The Kier molecular flexibility index (Phi) is 5.20. The lowest BCUT2D eigenvalue weighted by molar-refractivity contribution is 0.653. The molecule has 112 valence electrons. The number of halogens is 1. The van der Waals surface area contributed by atoms with Crippen molar-refractivity contribution in [2.24, 2.45) is 0 Å². The summed E-state index contributed by atoms with van der Waals surface area (Å²) in [5.74, 6) is 0. The van der Waals surface area contributed by atoms with Gasteiger partial charge < -0.3 is 10.6 Å². The molecule has 1 aromatic carbocycles. The number of benzene rings is 1. The Morgan fingerprint density at radius 3 is 2.76 bits per heavy atom. The largest absolute Gasteiger partial charge is 0.358 e. The van der Waals surface area contributed by atoms with Gasteiger partial charge >= 0.3 is 0 Å². The molecule has 21 heavy (non-hydrogen) atoms. The number of anilines is 1. The van der Waals surface area contributed by atoms with Gasteiger partial charge in [-0.3, -0.25) is 4.68 Å². The normalized spacial score (nSPS) is 10.5. The van der Waals surface area contributed by atoms with Crippen LogP contribution in [-0.2, 0) is 13.1 Å². The topological polar surface area (TPSA) is 41.9 Å². The van der Waals surface area contributed by atoms with Crippen LogP contribution in [0.4, 0.5) is 5.69 Å². The van der Waals surface area contributed by atoms with E-state index in [9.17, 15) is 0 Å². The fourth-order valence-electron chi connectivity index (χ4n) is 1.92. The van der Waals surface area contributed by atoms with Gasteiger partial charge in [-0.15, -0.1) is 0 Å². The highest BCUT2D eigenvalue weighted by Gasteiger charge is 2.05. The van der Waals surface area contributed by atoms with Gasteiger partial charge in [0.25, 0.3) is 0 Å². The highest BCUT2D eigenvalue weighted by atomic mass is 35.5. The molecule has 0 unspecified atom stereocenters. The van der Waals surface area contributed by atoms with E-state index in [1.54, 1.807) is 0 Å². The molecule has 4 nitrogen and oxygen atoms in total. The summed E-state index contributed by atoms with van der Waals surface area (Å²) in [6.07, 6.45) is 2.04. The van der Waals surface area contributed by atoms with Gasteiger partial charge in [0.05, 0.1) is 5.69 Å². The standard InChI is InChI=1S/C15H19ClN4S/c1-4-20-9-12(11(3)19-20)8-17-15(21)18-13-6-5-10(2)14(16)7-13/h5-7,9H,4,8H2,1-3H3,(H2,17,18,21). The van der Waals surface area contributed by atoms with Crippen LogP contribution < -0.4 is 10.6 Å². The van der Waals surface area contributed by atoms with Crippen molar-refractivity contribution >= 4 is 34.6 Å². The molecule has 2 rings (SSSR count). The van der Waals surface area contributed by atoms with Crippen LogP contribution in [-0.4, -0.2) is 14.9 Å². The third-order valence-electron chi connectivity index (χ3n) is 3.24. The van der Waals surface area contributed by atoms with E-state index in [0.29, 0.717) is 11.7 Å². The first kappa shape index (κ1) is 15.8. The molecule has 0 fully saturated rings. The molecule has 0 aliphatic heterocycles. The molecular weight excluding hydrogens is 304 g/mol. The molecule has 0 aliphatic carbocycles. The maximum atomic E-state index is 6.10. The molecule has 0 aliphatic rings. The van der Waals surface area contributed by atoms with Crippen molar-refractivity contribution in [3.05, 3.63) is 46.2 Å². The average Bonchev–Trinajstić information content (AvgIpc) is 2.81. The van der Waals surface area contributed by atoms with Crippen LogP contribution in [0.15, 0.2) is 24.4 Å². The number of thiocarbonyl (C=S) groups is 1. The highest BCUT2D eigenvalue weighted by molar-refractivity contribution is 7.80. The lowest BCUT2D eigenvalue weighted by Gasteiger charge is -2.11. The molecule has 0 spiro atoms. The molecule has 0 saturated carbocycles. The predicted molar refractivity (Wildman–Crippen MR) is 91.9 cm³/mol. The van der Waals surface area contributed by atoms with Gasteiger partial charge in [0, 0.05) is 35.6 Å². The number of nitrogens with one attached hydrogen (secondary N) is 2. The number of hydrogen-bond donors (Lipinski definition) is 2. The Morgan fingerprint density at radius 2 is 2.14 bits per heavy atom. The van der Waals surface area contributed by atoms with Crippen LogP contribution in [0.2, 0.25) is 5.02 Å². The molecule has 0 bridgehead atoms. The summed E-state index contributed by atoms with van der Waals surface area (Å²) in [6.45, 7) is 7.55. The fourth-order valence-corrected chi connectivity index (χ4v) is 2.29. The summed E-state index contributed by atoms with van der Waals surface area (Å²) in [6, 6.07) is 5.78. The second-order valence-corrected chi connectivity index (χ2v) is 5.68. The zero-order valence-corrected chi connectivity index (χ0v) is 14.0. The Morgan fingerprint density at radius 1 is 1.38 bits per heavy atom. The molecule has 0 saturated heterocycles. The molecule has 0 radical (unpaired) electrons. The number of nitrogens with zero attached hydrogens (tertiary/aromatic N) is 2. The lowest BCUT2D eigenvalue weighted by Crippen LogP contribution is -2.28. The Labute approximate surface area is 135 Å². The quantitative estimate of drug-likeness (QED) is 0.843. The maximum Gasteiger partial charge on any atom is 0.171 e. The maximum absolute atomic E-state index is 6.10. The summed E-state index contributed by atoms with van der Waals surface area (Å²) in [7, 11) is 0. The van der Waals surface area contributed by atoms with Crippen LogP contribution >= 0.6 is 23.8 Å². The third kappa shape index (κ3) is 4.19. The van der Waals surface area contributed by atoms with Crippen molar-refractivity contribution in [1.82, 2.24) is 15.1 Å². The molecule has 0 atom stereocenters. The smallest absolute Gasteiger partial charge is 0.171 e. The third-order valence-corrected chi connectivity index (χ3v) is 3.89. The van der Waals surface area contributed by atoms with Crippen molar-refractivity contribution in [2.45, 2.75) is 33.9 Å². The van der Waals surface area contributed by atoms with Crippen LogP contribution in [0.1, 0.15) is 23.7 Å². The summed E-state index contributed by atoms with van der Waals surface area (Å²) in [5, 5.41) is 12.0. The SMILES string of the molecule is CCn1cc(CNC(=S)Nc2ccc(C)c(Cl)c2)c(C)n1. The summed E-state index contributed by atoms with van der Waals surface area (Å²) >= 11 is 11.4. The van der Waals surface area contributed by atoms with Crippen molar-refractivity contribution in [3.8, 4) is 0 Å². The molecule has 1 heterocycles. The zero-order valence-electron chi connectivity index (χ0n) is 12.4. The minimum absolute atomic E-state index is 0.568. The van der Waals surface area contributed by atoms with Gasteiger partial charge in [-0.2, -0.15) is 5.10 Å². The minimum Gasteiger partial charge on any atom is -0.358 e. The van der Waals surface area contributed by atoms with E-state index < -0.39 is 0 Å². The number of aryl methyl sites for hydroxylation is 3. The summed E-state index contributed by atoms with van der Waals surface area (Å²) in [5.41, 5.74) is 4.08. The van der Waals surface area contributed by atoms with E-state index in [4.69, 9.17) is 23.8 Å². The minimum atomic E-state index is 0.568. The predicted octanol–water partition coefficient (Wildman–Crippen LogP) is 3.66. The van der Waals surface area contributed by atoms with E-state index in [0.717, 1.165) is 34.1 Å². The summed E-state index contributed by atoms with van der Waals surface area (Å²) < 4.78 is 1.92. The first-order valence-corrected chi connectivity index (χ1v) is 7.62. The molecule has 6 heteroatoms. The van der Waals surface area contributed by atoms with Crippen LogP contribution in [0, 0.1) is 13.8 Å². The van der Waals surface area contributed by atoms with Gasteiger partial charge in [-0.25, -0.2) is 0 Å². The number of aromatic nitrogens is 2. The van der Waals surface area contributed by atoms with Crippen LogP contribution in [0.3, 0.4) is 0 Å². The van der Waals surface area contributed by atoms with Crippen molar-refractivity contribution < 1.29 is 0 Å². The highest BCUT2D eigenvalue weighted by Crippen LogP contribution is 2.19. The van der Waals surface area contributed by atoms with E-state index in [2.05, 4.69) is 22.7 Å². The Balaban J connectivity index is 1.92. The fraction of sp³-hybridized carbons (Fsp3) is 0.333. The monoisotopic (exact) mass is 322 g/mol. The Hall–Kier alpha value is -1.59. The van der Waals surface area contributed by atoms with E-state index >= 15 is 0 Å². The van der Waals surface area contributed by atoms with Gasteiger partial charge in [0.1, 0.15) is 0 Å². The van der Waals surface area contributed by atoms with Gasteiger partial charge in [-0.05, 0) is 50.7 Å². The van der Waals surface area contributed by atoms with Crippen LogP contribution in [0.5, 0.6) is 0 Å². The molecular formula is C15H19ClN4S. The second kappa shape index (κ2) is 6.91. The average molecular weight is 323 g/mol. The van der Waals surface area contributed by atoms with Gasteiger partial charge in [0.15, 0.2) is 5.11 Å². The first-order valence-electron chi connectivity index (χ1n) is 6.83. The van der Waals surface area contributed by atoms with E-state index in [-0.39, 0.29) is 0 Å². The number of rotatable bonds is 4. The molecule has 2 N–H and O–H groups in total. The first-order chi connectivity index (χ1) is 9.99. The van der Waals surface area contributed by atoms with Crippen molar-refractivity contribution in [2.75, 3.05) is 5.32 Å². The zero-order chi connectivity index (χ0) is 15.4. The van der Waals surface area contributed by atoms with E-state index in [1.165, 1.54) is 0 Å². The van der Waals surface area contributed by atoms with Crippen LogP contribution in [0.25, 0.3) is 0 Å². The van der Waals surface area contributed by atoms with Crippen molar-refractivity contribution in [1.29, 1.82) is 0 Å². The van der Waals surface area contributed by atoms with Gasteiger partial charge in [-0.1, -0.05) is 17.7 Å². The Bertz CT molecular complexity index is 651. The number of hydrogen-bond acceptors (Lipinski definition) is 2. The molecule has 0 amide bonds. The summed E-state index contributed by atoms with van der Waals surface area (Å²) in [4.78, 5) is 0.